The van der Waals surface area contributed by atoms with Crippen LogP contribution in [0.3, 0.4) is 0 Å². The molecule has 228 valence electrons. The highest BCUT2D eigenvalue weighted by molar-refractivity contribution is 6.32. The minimum Gasteiger partial charge on any atom is -0.507 e. The monoisotopic (exact) mass is 591 g/mol. The van der Waals surface area contributed by atoms with Crippen LogP contribution in [0.25, 0.3) is 11.3 Å². The molecule has 1 aromatic heterocycles. The molecule has 1 aliphatic heterocycles. The van der Waals surface area contributed by atoms with Crippen molar-refractivity contribution in [3.05, 3.63) is 41.2 Å². The Bertz CT molecular complexity index is 1550. The molecule has 0 bridgehead atoms. The van der Waals surface area contributed by atoms with Gasteiger partial charge >= 0.3 is 0 Å². The van der Waals surface area contributed by atoms with E-state index >= 15 is 0 Å². The number of likely N-dealkylation sites (tertiary alicyclic amines) is 1. The zero-order valence-electron chi connectivity index (χ0n) is 24.7. The number of phenolic OH excluding ortho intramolecular Hbond substituents is 1. The van der Waals surface area contributed by atoms with Crippen LogP contribution in [0.2, 0.25) is 0 Å². The SMILES string of the molecule is C[C@@H]1CC[C@@H](C)N1Cc1ccoc1-c1ccc(O)c2c1C[C@H]1C[C@H]3[C@H](N(C)C)C(=O)C(C(N)=O)C(=O)[C@@]3(O)C(=O)C1C2=O. The molecule has 0 radical (unpaired) electrons. The number of likely N-dealkylation sites (N-methyl/N-ethyl adjacent to an activating group) is 1. The van der Waals surface area contributed by atoms with Gasteiger partial charge < -0.3 is 20.4 Å². The molecule has 3 fully saturated rings. The number of fused-ring (bicyclic) bond motifs is 3. The van der Waals surface area contributed by atoms with Gasteiger partial charge in [-0.05, 0) is 83.3 Å². The van der Waals surface area contributed by atoms with Crippen molar-refractivity contribution in [2.24, 2.45) is 29.4 Å². The number of primary amides is 1. The lowest BCUT2D eigenvalue weighted by atomic mass is 9.52. The number of aliphatic hydroxyl groups is 1. The zero-order chi connectivity index (χ0) is 31.1. The Hall–Kier alpha value is -3.67. The molecule has 8 atom stereocenters. The van der Waals surface area contributed by atoms with Gasteiger partial charge in [-0.25, -0.2) is 0 Å². The van der Waals surface area contributed by atoms with Gasteiger partial charge in [-0.15, -0.1) is 0 Å². The molecule has 2 heterocycles. The first-order chi connectivity index (χ1) is 20.3. The van der Waals surface area contributed by atoms with Gasteiger partial charge in [0.15, 0.2) is 34.7 Å². The predicted octanol–water partition coefficient (Wildman–Crippen LogP) is 1.50. The van der Waals surface area contributed by atoms with Crippen molar-refractivity contribution in [2.45, 2.75) is 69.8 Å². The second-order valence-electron chi connectivity index (χ2n) is 13.0. The first-order valence-electron chi connectivity index (χ1n) is 14.8. The van der Waals surface area contributed by atoms with Gasteiger partial charge in [0.1, 0.15) is 11.5 Å². The predicted molar refractivity (Wildman–Crippen MR) is 153 cm³/mol. The Morgan fingerprint density at radius 2 is 1.77 bits per heavy atom. The lowest BCUT2D eigenvalue weighted by Gasteiger charge is -2.52. The molecule has 11 heteroatoms. The van der Waals surface area contributed by atoms with Gasteiger partial charge in [-0.2, -0.15) is 0 Å². The quantitative estimate of drug-likeness (QED) is 0.433. The maximum Gasteiger partial charge on any atom is 0.235 e. The molecule has 6 rings (SSSR count). The Kier molecular flexibility index (Phi) is 6.98. The van der Waals surface area contributed by atoms with E-state index in [1.165, 1.54) is 11.0 Å². The Morgan fingerprint density at radius 3 is 2.40 bits per heavy atom. The molecule has 1 saturated heterocycles. The first kappa shape index (κ1) is 29.4. The number of nitrogens with two attached hydrogens (primary N) is 1. The average Bonchev–Trinajstić information content (AvgIpc) is 3.52. The van der Waals surface area contributed by atoms with Crippen molar-refractivity contribution in [3.63, 3.8) is 0 Å². The van der Waals surface area contributed by atoms with Crippen LogP contribution < -0.4 is 5.73 Å². The third-order valence-electron chi connectivity index (χ3n) is 10.4. The Labute approximate surface area is 249 Å². The van der Waals surface area contributed by atoms with Gasteiger partial charge in [-0.1, -0.05) is 0 Å². The Balaban J connectivity index is 1.43. The molecule has 4 aliphatic rings. The van der Waals surface area contributed by atoms with E-state index < -0.39 is 64.4 Å². The fourth-order valence-electron chi connectivity index (χ4n) is 8.27. The number of ketones is 4. The highest BCUT2D eigenvalue weighted by Crippen LogP contribution is 2.52. The number of phenols is 1. The number of benzene rings is 1. The van der Waals surface area contributed by atoms with Crippen LogP contribution in [0.1, 0.15) is 54.6 Å². The van der Waals surface area contributed by atoms with Crippen LogP contribution in [0.15, 0.2) is 28.9 Å². The number of carbonyl (C=O) groups excluding carboxylic acids is 5. The van der Waals surface area contributed by atoms with E-state index in [4.69, 9.17) is 10.2 Å². The highest BCUT2D eigenvalue weighted by Gasteiger charge is 2.69. The number of hydrogen-bond donors (Lipinski definition) is 3. The standard InChI is InChI=1S/C32H37N3O8/c1-14-5-6-15(2)35(14)13-16-9-10-43-28(16)18-7-8-21(36)23-19(18)11-17-12-20-25(34(3)4)27(38)24(31(33)41)30(40)32(20,42)29(39)22(17)26(23)37/h7-10,14-15,17,20,22,24-25,36,42H,5-6,11-13H2,1-4H3,(H2,33,41)/t14-,15-,17+,20+,22?,24?,25+,32+/m1/s1. The number of furan rings is 1. The van der Waals surface area contributed by atoms with E-state index in [9.17, 15) is 34.2 Å². The largest absolute Gasteiger partial charge is 0.507 e. The second kappa shape index (κ2) is 10.2. The van der Waals surface area contributed by atoms with E-state index in [0.29, 0.717) is 35.5 Å². The van der Waals surface area contributed by atoms with Crippen molar-refractivity contribution in [1.82, 2.24) is 9.80 Å². The summed E-state index contributed by atoms with van der Waals surface area (Å²) in [5.74, 6) is -10.1. The Morgan fingerprint density at radius 1 is 1.09 bits per heavy atom. The fraction of sp³-hybridized carbons (Fsp3) is 0.531. The van der Waals surface area contributed by atoms with E-state index in [2.05, 4.69) is 18.7 Å². The minimum atomic E-state index is -2.75. The molecular weight excluding hydrogens is 554 g/mol. The maximum atomic E-state index is 14.1. The van der Waals surface area contributed by atoms with Crippen LogP contribution in [0.4, 0.5) is 0 Å². The van der Waals surface area contributed by atoms with E-state index in [0.717, 1.165) is 18.4 Å². The van der Waals surface area contributed by atoms with Crippen molar-refractivity contribution < 1.29 is 38.6 Å². The van der Waals surface area contributed by atoms with Crippen LogP contribution in [-0.2, 0) is 32.1 Å². The summed E-state index contributed by atoms with van der Waals surface area (Å²) in [6.07, 6.45) is 3.96. The molecular formula is C32H37N3O8. The number of amides is 1. The summed E-state index contributed by atoms with van der Waals surface area (Å²) >= 11 is 0. The van der Waals surface area contributed by atoms with E-state index in [1.807, 2.05) is 6.07 Å². The molecule has 2 aromatic rings. The average molecular weight is 592 g/mol. The molecule has 2 saturated carbocycles. The van der Waals surface area contributed by atoms with Crippen molar-refractivity contribution >= 4 is 29.0 Å². The topological polar surface area (TPSA) is 171 Å². The summed E-state index contributed by atoms with van der Waals surface area (Å²) in [6.45, 7) is 5.03. The number of Topliss-reactive ketones (excluding diaryl/α,β-unsaturated/α-hetero) is 4. The summed E-state index contributed by atoms with van der Waals surface area (Å²) in [5.41, 5.74) is 4.67. The van der Waals surface area contributed by atoms with Crippen molar-refractivity contribution in [3.8, 4) is 17.1 Å². The smallest absolute Gasteiger partial charge is 0.235 e. The van der Waals surface area contributed by atoms with E-state index in [-0.39, 0.29) is 24.2 Å². The molecule has 3 aliphatic carbocycles. The molecule has 2 unspecified atom stereocenters. The lowest BCUT2D eigenvalue weighted by molar-refractivity contribution is -0.181. The third-order valence-corrected chi connectivity index (χ3v) is 10.4. The van der Waals surface area contributed by atoms with Gasteiger partial charge in [0, 0.05) is 35.7 Å². The van der Waals surface area contributed by atoms with Crippen molar-refractivity contribution in [2.75, 3.05) is 14.1 Å². The van der Waals surface area contributed by atoms with Gasteiger partial charge in [-0.3, -0.25) is 33.8 Å². The molecule has 1 aromatic carbocycles. The normalized spacial score (nSPS) is 34.3. The number of nitrogens with zero attached hydrogens (tertiary/aromatic N) is 2. The van der Waals surface area contributed by atoms with E-state index in [1.54, 1.807) is 26.4 Å². The summed E-state index contributed by atoms with van der Waals surface area (Å²) in [6, 6.07) is 4.66. The van der Waals surface area contributed by atoms with Crippen LogP contribution in [0, 0.1) is 23.7 Å². The third kappa shape index (κ3) is 4.16. The zero-order valence-corrected chi connectivity index (χ0v) is 24.7. The summed E-state index contributed by atoms with van der Waals surface area (Å²) in [5, 5.41) is 22.7. The molecule has 4 N–H and O–H groups in total. The van der Waals surface area contributed by atoms with Crippen molar-refractivity contribution in [1.29, 1.82) is 0 Å². The first-order valence-corrected chi connectivity index (χ1v) is 14.8. The van der Waals surface area contributed by atoms with Gasteiger partial charge in [0.2, 0.25) is 5.91 Å². The number of rotatable bonds is 5. The fourth-order valence-corrected chi connectivity index (χ4v) is 8.27. The van der Waals surface area contributed by atoms with Crippen LogP contribution in [-0.4, -0.2) is 86.9 Å². The molecule has 43 heavy (non-hydrogen) atoms. The highest BCUT2D eigenvalue weighted by atomic mass is 16.3. The van der Waals surface area contributed by atoms with Gasteiger partial charge in [0.25, 0.3) is 0 Å². The lowest BCUT2D eigenvalue weighted by Crippen LogP contribution is -2.74. The number of hydrogen-bond acceptors (Lipinski definition) is 10. The molecule has 11 nitrogen and oxygen atoms in total. The van der Waals surface area contributed by atoms with Gasteiger partial charge in [0.05, 0.1) is 23.8 Å². The summed E-state index contributed by atoms with van der Waals surface area (Å²) < 4.78 is 5.98. The number of carbonyl (C=O) groups is 5. The van der Waals surface area contributed by atoms with Crippen LogP contribution >= 0.6 is 0 Å². The summed E-state index contributed by atoms with van der Waals surface area (Å²) in [4.78, 5) is 70.9. The van der Waals surface area contributed by atoms with Crippen LogP contribution in [0.5, 0.6) is 5.75 Å². The maximum absolute atomic E-state index is 14.1. The second-order valence-corrected chi connectivity index (χ2v) is 13.0. The molecule has 0 spiro atoms. The number of aromatic hydroxyl groups is 1. The minimum absolute atomic E-state index is 0.00713. The summed E-state index contributed by atoms with van der Waals surface area (Å²) in [7, 11) is 3.12. The molecule has 1 amide bonds.